The second-order valence-electron chi connectivity index (χ2n) is 9.14. The molecule has 3 aromatic carbocycles. The molecule has 2 heterocycles. The number of ether oxygens (including phenoxy) is 2. The first-order valence-corrected chi connectivity index (χ1v) is 12.4. The number of hydrogen-bond donors (Lipinski definition) is 1. The molecular weight excluding hydrogens is 438 g/mol. The Labute approximate surface area is 207 Å². The largest absolute Gasteiger partial charge is 0.495 e. The van der Waals surface area contributed by atoms with E-state index in [0.29, 0.717) is 12.1 Å². The van der Waals surface area contributed by atoms with Gasteiger partial charge < -0.3 is 19.7 Å². The number of nitrogens with zero attached hydrogens (tertiary/aromatic N) is 2. The molecule has 2 atom stereocenters. The van der Waals surface area contributed by atoms with E-state index in [9.17, 15) is 4.79 Å². The van der Waals surface area contributed by atoms with Crippen molar-refractivity contribution in [2.24, 2.45) is 0 Å². The summed E-state index contributed by atoms with van der Waals surface area (Å²) < 4.78 is 11.6. The molecule has 0 bridgehead atoms. The Morgan fingerprint density at radius 3 is 2.29 bits per heavy atom. The van der Waals surface area contributed by atoms with Gasteiger partial charge in [-0.1, -0.05) is 54.6 Å². The van der Waals surface area contributed by atoms with Crippen LogP contribution in [0.25, 0.3) is 11.1 Å². The third-order valence-electron chi connectivity index (χ3n) is 7.09. The van der Waals surface area contributed by atoms with Gasteiger partial charge in [0.2, 0.25) is 0 Å². The van der Waals surface area contributed by atoms with Crippen LogP contribution in [-0.4, -0.2) is 69.4 Å². The number of carbonyl (C=O) groups is 1. The number of benzene rings is 3. The zero-order valence-electron chi connectivity index (χ0n) is 20.2. The number of piperidine rings is 1. The van der Waals surface area contributed by atoms with Crippen molar-refractivity contribution in [2.45, 2.75) is 18.6 Å². The summed E-state index contributed by atoms with van der Waals surface area (Å²) in [5, 5.41) is 3.41. The van der Waals surface area contributed by atoms with E-state index in [1.54, 1.807) is 7.11 Å². The van der Waals surface area contributed by atoms with Gasteiger partial charge in [0.15, 0.2) is 0 Å². The summed E-state index contributed by atoms with van der Waals surface area (Å²) in [5.41, 5.74) is 3.96. The molecule has 1 unspecified atom stereocenters. The molecule has 3 aromatic rings. The normalized spacial score (nSPS) is 20.9. The van der Waals surface area contributed by atoms with Crippen LogP contribution in [0.5, 0.6) is 5.75 Å². The smallest absolute Gasteiger partial charge is 0.338 e. The summed E-state index contributed by atoms with van der Waals surface area (Å²) in [4.78, 5) is 17.9. The van der Waals surface area contributed by atoms with Gasteiger partial charge in [0.25, 0.3) is 0 Å². The maximum Gasteiger partial charge on any atom is 0.338 e. The second kappa shape index (κ2) is 10.9. The van der Waals surface area contributed by atoms with Gasteiger partial charge in [0.1, 0.15) is 11.9 Å². The minimum absolute atomic E-state index is 0.164. The molecule has 6 heteroatoms. The molecule has 0 spiro atoms. The molecule has 0 aliphatic carbocycles. The highest BCUT2D eigenvalue weighted by molar-refractivity contribution is 5.90. The van der Waals surface area contributed by atoms with Crippen LogP contribution in [-0.2, 0) is 4.74 Å². The Bertz CT molecular complexity index is 1110. The van der Waals surface area contributed by atoms with E-state index >= 15 is 0 Å². The van der Waals surface area contributed by atoms with E-state index in [0.717, 1.165) is 61.7 Å². The highest BCUT2D eigenvalue weighted by Crippen LogP contribution is 2.29. The van der Waals surface area contributed by atoms with Gasteiger partial charge in [-0.15, -0.1) is 0 Å². The fraction of sp³-hybridized carbons (Fsp3) is 0.345. The Hall–Kier alpha value is -3.35. The molecule has 2 aliphatic rings. The van der Waals surface area contributed by atoms with Crippen molar-refractivity contribution in [3.05, 3.63) is 84.4 Å². The van der Waals surface area contributed by atoms with Crippen LogP contribution < -0.4 is 15.0 Å². The zero-order chi connectivity index (χ0) is 24.0. The minimum atomic E-state index is -0.254. The molecule has 0 radical (unpaired) electrons. The molecule has 2 saturated heterocycles. The standard InChI is InChI=1S/C29H33N3O3/c1-34-27-10-6-5-9-25(27)31-17-19-32(20-18-31)26-15-16-30-21-28(26)35-29(33)24-13-11-23(12-14-24)22-7-3-2-4-8-22/h2-14,26,28,30H,15-21H2,1H3/t26?,28-/m1/s1. The van der Waals surface area contributed by atoms with E-state index in [4.69, 9.17) is 9.47 Å². The maximum atomic E-state index is 13.0. The number of piperazine rings is 1. The van der Waals surface area contributed by atoms with Gasteiger partial charge in [-0.2, -0.15) is 0 Å². The van der Waals surface area contributed by atoms with Crippen LogP contribution in [0.15, 0.2) is 78.9 Å². The van der Waals surface area contributed by atoms with E-state index < -0.39 is 0 Å². The molecular formula is C29H33N3O3. The average Bonchev–Trinajstić information content (AvgIpc) is 2.94. The van der Waals surface area contributed by atoms with Crippen molar-refractivity contribution >= 4 is 11.7 Å². The summed E-state index contributed by atoms with van der Waals surface area (Å²) in [6, 6.07) is 26.3. The molecule has 182 valence electrons. The number of methoxy groups -OCH3 is 1. The fourth-order valence-electron chi connectivity index (χ4n) is 5.17. The molecule has 0 amide bonds. The number of para-hydroxylation sites is 2. The van der Waals surface area contributed by atoms with E-state index in [2.05, 4.69) is 39.4 Å². The lowest BCUT2D eigenvalue weighted by molar-refractivity contribution is -0.0131. The first-order valence-electron chi connectivity index (χ1n) is 12.4. The number of hydrogen-bond acceptors (Lipinski definition) is 6. The Morgan fingerprint density at radius 2 is 1.54 bits per heavy atom. The van der Waals surface area contributed by atoms with Crippen molar-refractivity contribution in [3.63, 3.8) is 0 Å². The molecule has 0 aromatic heterocycles. The number of rotatable bonds is 6. The van der Waals surface area contributed by atoms with E-state index in [1.165, 1.54) is 0 Å². The van der Waals surface area contributed by atoms with E-state index in [1.807, 2.05) is 54.6 Å². The average molecular weight is 472 g/mol. The first-order chi connectivity index (χ1) is 17.2. The lowest BCUT2D eigenvalue weighted by Crippen LogP contribution is -2.59. The number of anilines is 1. The van der Waals surface area contributed by atoms with Gasteiger partial charge >= 0.3 is 5.97 Å². The van der Waals surface area contributed by atoms with Crippen LogP contribution in [0, 0.1) is 0 Å². The van der Waals surface area contributed by atoms with Crippen LogP contribution in [0.1, 0.15) is 16.8 Å². The molecule has 5 rings (SSSR count). The van der Waals surface area contributed by atoms with Gasteiger partial charge in [-0.25, -0.2) is 4.79 Å². The van der Waals surface area contributed by atoms with E-state index in [-0.39, 0.29) is 18.1 Å². The summed E-state index contributed by atoms with van der Waals surface area (Å²) in [6.45, 7) is 5.34. The highest BCUT2D eigenvalue weighted by atomic mass is 16.5. The van der Waals surface area contributed by atoms with Crippen LogP contribution in [0.3, 0.4) is 0 Å². The Balaban J connectivity index is 1.21. The predicted octanol–water partition coefficient (Wildman–Crippen LogP) is 4.07. The number of nitrogens with one attached hydrogen (secondary N) is 1. The Kier molecular flexibility index (Phi) is 7.31. The molecule has 6 nitrogen and oxygen atoms in total. The maximum absolute atomic E-state index is 13.0. The molecule has 2 aliphatic heterocycles. The monoisotopic (exact) mass is 471 g/mol. The van der Waals surface area contributed by atoms with Gasteiger partial charge in [-0.3, -0.25) is 4.90 Å². The zero-order valence-corrected chi connectivity index (χ0v) is 20.2. The minimum Gasteiger partial charge on any atom is -0.495 e. The summed E-state index contributed by atoms with van der Waals surface area (Å²) in [5.74, 6) is 0.656. The van der Waals surface area contributed by atoms with Crippen LogP contribution in [0.4, 0.5) is 5.69 Å². The first kappa shape index (κ1) is 23.4. The van der Waals surface area contributed by atoms with Crippen molar-refractivity contribution < 1.29 is 14.3 Å². The van der Waals surface area contributed by atoms with Gasteiger partial charge in [0, 0.05) is 38.8 Å². The van der Waals surface area contributed by atoms with Crippen molar-refractivity contribution in [3.8, 4) is 16.9 Å². The third kappa shape index (κ3) is 5.34. The second-order valence-corrected chi connectivity index (χ2v) is 9.14. The topological polar surface area (TPSA) is 54.0 Å². The van der Waals surface area contributed by atoms with Gasteiger partial charge in [0.05, 0.1) is 18.4 Å². The fourth-order valence-corrected chi connectivity index (χ4v) is 5.17. The van der Waals surface area contributed by atoms with Crippen LogP contribution in [0.2, 0.25) is 0 Å². The lowest BCUT2D eigenvalue weighted by atomic mass is 10.00. The highest BCUT2D eigenvalue weighted by Gasteiger charge is 2.35. The van der Waals surface area contributed by atoms with Crippen LogP contribution >= 0.6 is 0 Å². The molecule has 0 saturated carbocycles. The Morgan fingerprint density at radius 1 is 0.857 bits per heavy atom. The molecule has 1 N–H and O–H groups in total. The summed E-state index contributed by atoms with van der Waals surface area (Å²) in [7, 11) is 1.72. The molecule has 2 fully saturated rings. The van der Waals surface area contributed by atoms with Crippen molar-refractivity contribution in [2.75, 3.05) is 51.3 Å². The predicted molar refractivity (Wildman–Crippen MR) is 139 cm³/mol. The SMILES string of the molecule is COc1ccccc1N1CCN(C2CCNC[C@H]2OC(=O)c2ccc(-c3ccccc3)cc2)CC1. The summed E-state index contributed by atoms with van der Waals surface area (Å²) in [6.07, 6.45) is 0.808. The quantitative estimate of drug-likeness (QED) is 0.547. The third-order valence-corrected chi connectivity index (χ3v) is 7.09. The van der Waals surface area contributed by atoms with Gasteiger partial charge in [-0.05, 0) is 48.4 Å². The van der Waals surface area contributed by atoms with Crippen molar-refractivity contribution in [1.29, 1.82) is 0 Å². The number of esters is 1. The summed E-state index contributed by atoms with van der Waals surface area (Å²) >= 11 is 0. The lowest BCUT2D eigenvalue weighted by Gasteiger charge is -2.44. The van der Waals surface area contributed by atoms with Crippen molar-refractivity contribution in [1.82, 2.24) is 10.2 Å². The number of carbonyl (C=O) groups excluding carboxylic acids is 1. The molecule has 35 heavy (non-hydrogen) atoms.